The van der Waals surface area contributed by atoms with Gasteiger partial charge in [-0.3, -0.25) is 14.4 Å². The fourth-order valence-electron chi connectivity index (χ4n) is 8.52. The fourth-order valence-corrected chi connectivity index (χ4v) is 8.52. The molecule has 0 aliphatic heterocycles. The average molecular weight is 1000 g/mol. The molecule has 72 heavy (non-hydrogen) atoms. The van der Waals surface area contributed by atoms with Crippen molar-refractivity contribution in [1.29, 1.82) is 0 Å². The molecule has 0 bridgehead atoms. The van der Waals surface area contributed by atoms with E-state index in [9.17, 15) is 14.4 Å². The first-order valence-electron chi connectivity index (χ1n) is 30.6. The van der Waals surface area contributed by atoms with Crippen molar-refractivity contribution in [3.8, 4) is 0 Å². The van der Waals surface area contributed by atoms with Gasteiger partial charge in [-0.1, -0.05) is 247 Å². The molecule has 0 N–H and O–H groups in total. The van der Waals surface area contributed by atoms with E-state index in [4.69, 9.17) is 14.2 Å². The van der Waals surface area contributed by atoms with Crippen molar-refractivity contribution in [1.82, 2.24) is 0 Å². The van der Waals surface area contributed by atoms with E-state index in [2.05, 4.69) is 106 Å². The van der Waals surface area contributed by atoms with Gasteiger partial charge in [0.15, 0.2) is 6.10 Å². The Morgan fingerprint density at radius 3 is 0.861 bits per heavy atom. The van der Waals surface area contributed by atoms with Crippen molar-refractivity contribution in [2.75, 3.05) is 13.2 Å². The summed E-state index contributed by atoms with van der Waals surface area (Å²) in [6.45, 7) is 6.51. The Morgan fingerprint density at radius 2 is 0.542 bits per heavy atom. The lowest BCUT2D eigenvalue weighted by Crippen LogP contribution is -2.30. The zero-order valence-corrected chi connectivity index (χ0v) is 47.4. The van der Waals surface area contributed by atoms with Gasteiger partial charge in [-0.25, -0.2) is 0 Å². The second-order valence-electron chi connectivity index (χ2n) is 20.2. The van der Waals surface area contributed by atoms with Gasteiger partial charge in [-0.15, -0.1) is 0 Å². The van der Waals surface area contributed by atoms with E-state index in [0.717, 1.165) is 109 Å². The molecule has 414 valence electrons. The normalized spacial score (nSPS) is 12.7. The minimum atomic E-state index is -0.796. The maximum atomic E-state index is 12.9. The third kappa shape index (κ3) is 57.5. The Morgan fingerprint density at radius 1 is 0.292 bits per heavy atom. The number of rotatable bonds is 55. The zero-order valence-electron chi connectivity index (χ0n) is 47.4. The molecule has 6 heteroatoms. The second-order valence-corrected chi connectivity index (χ2v) is 20.2. The van der Waals surface area contributed by atoms with Gasteiger partial charge in [0.2, 0.25) is 0 Å². The summed E-state index contributed by atoms with van der Waals surface area (Å²) in [5.41, 5.74) is 0. The number of unbranched alkanes of at least 4 members (excludes halogenated alkanes) is 30. The van der Waals surface area contributed by atoms with Crippen molar-refractivity contribution in [3.05, 3.63) is 85.1 Å². The van der Waals surface area contributed by atoms with Crippen molar-refractivity contribution in [3.63, 3.8) is 0 Å². The number of hydrogen-bond donors (Lipinski definition) is 0. The molecule has 6 nitrogen and oxygen atoms in total. The highest BCUT2D eigenvalue weighted by Crippen LogP contribution is 2.15. The molecule has 0 spiro atoms. The Hall–Kier alpha value is -3.41. The van der Waals surface area contributed by atoms with Crippen LogP contribution < -0.4 is 0 Å². The molecule has 1 atom stereocenters. The summed E-state index contributed by atoms with van der Waals surface area (Å²) in [6, 6.07) is 0. The molecule has 1 unspecified atom stereocenters. The molecule has 0 fully saturated rings. The molecule has 0 aromatic rings. The van der Waals surface area contributed by atoms with Crippen LogP contribution in [0.1, 0.15) is 297 Å². The Labute approximate surface area is 445 Å². The van der Waals surface area contributed by atoms with Crippen molar-refractivity contribution in [2.24, 2.45) is 0 Å². The van der Waals surface area contributed by atoms with Crippen LogP contribution >= 0.6 is 0 Å². The Kier molecular flexibility index (Phi) is 57.3. The predicted octanol–water partition coefficient (Wildman–Crippen LogP) is 20.7. The van der Waals surface area contributed by atoms with Crippen LogP contribution in [0.15, 0.2) is 85.1 Å². The number of ether oxygens (including phenoxy) is 3. The topological polar surface area (TPSA) is 78.9 Å². The largest absolute Gasteiger partial charge is 0.462 e. The number of carbonyl (C=O) groups excluding carboxylic acids is 3. The summed E-state index contributed by atoms with van der Waals surface area (Å²) in [4.78, 5) is 38.3. The molecule has 0 aromatic heterocycles. The fraction of sp³-hybridized carbons (Fsp3) is 0.742. The lowest BCUT2D eigenvalue weighted by molar-refractivity contribution is -0.167. The van der Waals surface area contributed by atoms with Gasteiger partial charge in [0, 0.05) is 19.3 Å². The van der Waals surface area contributed by atoms with E-state index >= 15 is 0 Å². The van der Waals surface area contributed by atoms with E-state index in [1.165, 1.54) is 148 Å². The number of hydrogen-bond acceptors (Lipinski definition) is 6. The van der Waals surface area contributed by atoms with Gasteiger partial charge >= 0.3 is 17.9 Å². The standard InChI is InChI=1S/C66H114O6/c1-4-7-10-13-16-19-22-25-28-31-32-33-34-36-38-41-44-47-50-53-56-59-65(68)71-62-63(61-70-64(67)58-55-52-49-46-43-40-37-30-27-24-21-18-15-12-9-6-3)72-66(69)60-57-54-51-48-45-42-39-35-29-26-23-20-17-14-11-8-5-2/h8,11,17,20,22,25-26,29-32,37,39,42,63H,4-7,9-10,12-16,18-19,21,23-24,27-28,33-36,38,40-41,43-62H2,1-3H3/b11-8-,20-17-,25-22-,29-26-,32-31-,37-30-,42-39-. The van der Waals surface area contributed by atoms with Gasteiger partial charge < -0.3 is 14.2 Å². The molecule has 0 saturated carbocycles. The van der Waals surface area contributed by atoms with Gasteiger partial charge in [0.05, 0.1) is 0 Å². The monoisotopic (exact) mass is 1000 g/mol. The van der Waals surface area contributed by atoms with Crippen LogP contribution in [0.4, 0.5) is 0 Å². The summed E-state index contributed by atoms with van der Waals surface area (Å²) in [5.74, 6) is -0.918. The summed E-state index contributed by atoms with van der Waals surface area (Å²) in [6.07, 6.45) is 78.6. The van der Waals surface area contributed by atoms with Crippen LogP contribution in [0.25, 0.3) is 0 Å². The molecular weight excluding hydrogens is 889 g/mol. The van der Waals surface area contributed by atoms with Crippen LogP contribution in [-0.2, 0) is 28.6 Å². The van der Waals surface area contributed by atoms with Gasteiger partial charge in [0.25, 0.3) is 0 Å². The highest BCUT2D eigenvalue weighted by atomic mass is 16.6. The molecule has 0 amide bonds. The highest BCUT2D eigenvalue weighted by Gasteiger charge is 2.19. The Bertz CT molecular complexity index is 1380. The van der Waals surface area contributed by atoms with Crippen LogP contribution in [0.5, 0.6) is 0 Å². The number of allylic oxidation sites excluding steroid dienone is 14. The van der Waals surface area contributed by atoms with Crippen molar-refractivity contribution in [2.45, 2.75) is 303 Å². The second kappa shape index (κ2) is 60.1. The summed E-state index contributed by atoms with van der Waals surface area (Å²) in [5, 5.41) is 0. The SMILES string of the molecule is CC/C=C\C/C=C\C/C=C\C/C=C\CCCCCCC(=O)OC(COC(=O)CCCCCCC/C=C\CCCCCCCCC)COC(=O)CCCCCCCCCCC/C=C\C/C=C\CCCCCCC. The van der Waals surface area contributed by atoms with E-state index < -0.39 is 6.10 Å². The minimum absolute atomic E-state index is 0.0910. The molecule has 0 rings (SSSR count). The lowest BCUT2D eigenvalue weighted by atomic mass is 10.1. The van der Waals surface area contributed by atoms with E-state index in [0.29, 0.717) is 19.3 Å². The average Bonchev–Trinajstić information content (AvgIpc) is 3.38. The third-order valence-electron chi connectivity index (χ3n) is 13.1. The molecule has 0 heterocycles. The predicted molar refractivity (Wildman–Crippen MR) is 311 cm³/mol. The molecule has 0 aromatic carbocycles. The van der Waals surface area contributed by atoms with Crippen LogP contribution in [-0.4, -0.2) is 37.2 Å². The quantitative estimate of drug-likeness (QED) is 0.0261. The first-order chi connectivity index (χ1) is 35.5. The van der Waals surface area contributed by atoms with Crippen LogP contribution in [0, 0.1) is 0 Å². The van der Waals surface area contributed by atoms with Crippen molar-refractivity contribution < 1.29 is 28.6 Å². The smallest absolute Gasteiger partial charge is 0.306 e. The Balaban J connectivity index is 4.42. The van der Waals surface area contributed by atoms with Gasteiger partial charge in [-0.05, 0) is 116 Å². The lowest BCUT2D eigenvalue weighted by Gasteiger charge is -2.18. The summed E-state index contributed by atoms with van der Waals surface area (Å²) in [7, 11) is 0. The maximum Gasteiger partial charge on any atom is 0.306 e. The van der Waals surface area contributed by atoms with Crippen LogP contribution in [0.2, 0.25) is 0 Å². The zero-order chi connectivity index (χ0) is 52.2. The molecular formula is C66H114O6. The summed E-state index contributed by atoms with van der Waals surface area (Å²) < 4.78 is 16.9. The molecule has 0 aliphatic rings. The maximum absolute atomic E-state index is 12.9. The van der Waals surface area contributed by atoms with Gasteiger partial charge in [0.1, 0.15) is 13.2 Å². The van der Waals surface area contributed by atoms with E-state index in [1.54, 1.807) is 0 Å². The molecule has 0 radical (unpaired) electrons. The van der Waals surface area contributed by atoms with Crippen LogP contribution in [0.3, 0.4) is 0 Å². The highest BCUT2D eigenvalue weighted by molar-refractivity contribution is 5.71. The first-order valence-corrected chi connectivity index (χ1v) is 30.6. The molecule has 0 aliphatic carbocycles. The number of carbonyl (C=O) groups is 3. The van der Waals surface area contributed by atoms with Crippen molar-refractivity contribution >= 4 is 17.9 Å². The summed E-state index contributed by atoms with van der Waals surface area (Å²) >= 11 is 0. The minimum Gasteiger partial charge on any atom is -0.462 e. The number of esters is 3. The molecule has 0 saturated heterocycles. The van der Waals surface area contributed by atoms with E-state index in [-0.39, 0.29) is 31.1 Å². The van der Waals surface area contributed by atoms with E-state index in [1.807, 2.05) is 0 Å². The van der Waals surface area contributed by atoms with Gasteiger partial charge in [-0.2, -0.15) is 0 Å². The first kappa shape index (κ1) is 68.6. The third-order valence-corrected chi connectivity index (χ3v) is 13.1.